The molecule has 0 atom stereocenters. The smallest absolute Gasteiger partial charge is 0.410 e. The van der Waals surface area contributed by atoms with Gasteiger partial charge in [-0.05, 0) is 26.2 Å². The van der Waals surface area contributed by atoms with E-state index in [1.807, 2.05) is 45.0 Å². The van der Waals surface area contributed by atoms with Gasteiger partial charge in [-0.25, -0.2) is 4.79 Å². The second kappa shape index (κ2) is 4.95. The van der Waals surface area contributed by atoms with E-state index < -0.39 is 17.3 Å². The molecule has 3 rings (SSSR count). The third-order valence-electron chi connectivity index (χ3n) is 3.73. The maximum atomic E-state index is 12.0. The summed E-state index contributed by atoms with van der Waals surface area (Å²) in [5.41, 5.74) is -0.846. The van der Waals surface area contributed by atoms with Crippen LogP contribution in [0.5, 0.6) is 0 Å². The van der Waals surface area contributed by atoms with Crippen molar-refractivity contribution in [2.75, 3.05) is 13.1 Å². The summed E-state index contributed by atoms with van der Waals surface area (Å²) in [6, 6.07) is 7.78. The van der Waals surface area contributed by atoms with Gasteiger partial charge < -0.3 is 14.7 Å². The maximum absolute atomic E-state index is 12.0. The first-order chi connectivity index (χ1) is 10.3. The molecular formula is C17H20N2O3. The molecule has 5 nitrogen and oxygen atoms in total. The highest BCUT2D eigenvalue weighted by molar-refractivity contribution is 5.86. The van der Waals surface area contributed by atoms with Gasteiger partial charge in [-0.2, -0.15) is 0 Å². The van der Waals surface area contributed by atoms with E-state index in [1.165, 1.54) is 4.90 Å². The molecule has 0 bridgehead atoms. The Hall–Kier alpha value is -2.14. The van der Waals surface area contributed by atoms with E-state index in [9.17, 15) is 9.90 Å². The molecular weight excluding hydrogens is 280 g/mol. The summed E-state index contributed by atoms with van der Waals surface area (Å²) in [5.74, 6) is 0. The molecule has 1 amide bonds. The van der Waals surface area contributed by atoms with Crippen molar-refractivity contribution in [1.29, 1.82) is 0 Å². The van der Waals surface area contributed by atoms with Gasteiger partial charge in [0.05, 0.1) is 13.1 Å². The molecule has 1 saturated heterocycles. The summed E-state index contributed by atoms with van der Waals surface area (Å²) >= 11 is 0. The van der Waals surface area contributed by atoms with Crippen molar-refractivity contribution >= 4 is 16.9 Å². The molecule has 0 saturated carbocycles. The average Bonchev–Trinajstić information content (AvgIpc) is 2.41. The van der Waals surface area contributed by atoms with Gasteiger partial charge in [-0.15, -0.1) is 0 Å². The van der Waals surface area contributed by atoms with Crippen LogP contribution in [0, 0.1) is 0 Å². The Balaban J connectivity index is 1.81. The average molecular weight is 300 g/mol. The fraction of sp³-hybridized carbons (Fsp3) is 0.412. The maximum Gasteiger partial charge on any atom is 0.410 e. The third-order valence-corrected chi connectivity index (χ3v) is 3.73. The van der Waals surface area contributed by atoms with Crippen LogP contribution in [-0.2, 0) is 10.3 Å². The zero-order chi connectivity index (χ0) is 16.0. The van der Waals surface area contributed by atoms with E-state index in [4.69, 9.17) is 4.74 Å². The van der Waals surface area contributed by atoms with E-state index in [0.29, 0.717) is 0 Å². The van der Waals surface area contributed by atoms with Crippen molar-refractivity contribution in [1.82, 2.24) is 9.88 Å². The summed E-state index contributed by atoms with van der Waals surface area (Å²) < 4.78 is 5.32. The topological polar surface area (TPSA) is 62.7 Å². The molecule has 0 radical (unpaired) electrons. The number of hydrogen-bond donors (Lipinski definition) is 1. The van der Waals surface area contributed by atoms with Crippen LogP contribution in [0.4, 0.5) is 4.79 Å². The number of pyridine rings is 1. The van der Waals surface area contributed by atoms with Gasteiger partial charge in [-0.1, -0.05) is 24.3 Å². The van der Waals surface area contributed by atoms with E-state index in [0.717, 1.165) is 16.3 Å². The van der Waals surface area contributed by atoms with E-state index in [2.05, 4.69) is 4.98 Å². The van der Waals surface area contributed by atoms with Crippen LogP contribution < -0.4 is 0 Å². The van der Waals surface area contributed by atoms with Crippen LogP contribution in [0.1, 0.15) is 26.3 Å². The number of ether oxygens (including phenoxy) is 1. The minimum atomic E-state index is -1.06. The number of hydrogen-bond acceptors (Lipinski definition) is 4. The van der Waals surface area contributed by atoms with Gasteiger partial charge in [0.1, 0.15) is 11.2 Å². The number of β-amino-alcohol motifs (C(OH)–C–C–N with tert-alkyl or cyclic N) is 1. The lowest BCUT2D eigenvalue weighted by molar-refractivity contribution is -0.103. The molecule has 1 N–H and O–H groups in total. The second-order valence-corrected chi connectivity index (χ2v) is 6.78. The zero-order valence-electron chi connectivity index (χ0n) is 13.0. The molecule has 1 aromatic heterocycles. The largest absolute Gasteiger partial charge is 0.444 e. The number of carbonyl (C=O) groups excluding carboxylic acids is 1. The molecule has 0 spiro atoms. The van der Waals surface area contributed by atoms with Gasteiger partial charge in [0.2, 0.25) is 0 Å². The van der Waals surface area contributed by atoms with Gasteiger partial charge in [0.25, 0.3) is 0 Å². The van der Waals surface area contributed by atoms with Crippen LogP contribution >= 0.6 is 0 Å². The van der Waals surface area contributed by atoms with Crippen molar-refractivity contribution in [3.63, 3.8) is 0 Å². The van der Waals surface area contributed by atoms with E-state index in [1.54, 1.807) is 12.4 Å². The highest BCUT2D eigenvalue weighted by Gasteiger charge is 2.47. The lowest BCUT2D eigenvalue weighted by Gasteiger charge is -2.46. The fourth-order valence-corrected chi connectivity index (χ4v) is 2.70. The lowest BCUT2D eigenvalue weighted by atomic mass is 9.85. The van der Waals surface area contributed by atoms with Crippen molar-refractivity contribution in [2.24, 2.45) is 0 Å². The first kappa shape index (κ1) is 14.8. The molecule has 2 heterocycles. The summed E-state index contributed by atoms with van der Waals surface area (Å²) in [4.78, 5) is 17.7. The first-order valence-corrected chi connectivity index (χ1v) is 7.32. The van der Waals surface area contributed by atoms with Crippen LogP contribution in [0.2, 0.25) is 0 Å². The Morgan fingerprint density at radius 1 is 1.27 bits per heavy atom. The fourth-order valence-electron chi connectivity index (χ4n) is 2.70. The lowest BCUT2D eigenvalue weighted by Crippen LogP contribution is -2.62. The van der Waals surface area contributed by atoms with Crippen LogP contribution in [0.25, 0.3) is 10.8 Å². The number of fused-ring (bicyclic) bond motifs is 1. The number of nitrogens with zero attached hydrogens (tertiary/aromatic N) is 2. The van der Waals surface area contributed by atoms with Crippen LogP contribution in [0.3, 0.4) is 0 Å². The Labute approximate surface area is 129 Å². The quantitative estimate of drug-likeness (QED) is 0.879. The zero-order valence-corrected chi connectivity index (χ0v) is 13.0. The summed E-state index contributed by atoms with van der Waals surface area (Å²) in [6.45, 7) is 5.91. The molecule has 1 aliphatic rings. The monoisotopic (exact) mass is 300 g/mol. The van der Waals surface area contributed by atoms with Gasteiger partial charge >= 0.3 is 6.09 Å². The molecule has 1 fully saturated rings. The Morgan fingerprint density at radius 2 is 1.95 bits per heavy atom. The molecule has 22 heavy (non-hydrogen) atoms. The van der Waals surface area contributed by atoms with E-state index in [-0.39, 0.29) is 13.1 Å². The van der Waals surface area contributed by atoms with Crippen molar-refractivity contribution in [3.05, 3.63) is 42.2 Å². The van der Waals surface area contributed by atoms with Gasteiger partial charge in [-0.3, -0.25) is 4.98 Å². The number of amides is 1. The number of aromatic nitrogens is 1. The summed E-state index contributed by atoms with van der Waals surface area (Å²) in [5, 5.41) is 12.7. The minimum Gasteiger partial charge on any atom is -0.444 e. The molecule has 1 aliphatic heterocycles. The molecule has 1 aromatic carbocycles. The van der Waals surface area contributed by atoms with Crippen LogP contribution in [-0.4, -0.2) is 39.8 Å². The molecule has 116 valence electrons. The Morgan fingerprint density at radius 3 is 2.64 bits per heavy atom. The second-order valence-electron chi connectivity index (χ2n) is 6.78. The highest BCUT2D eigenvalue weighted by Crippen LogP contribution is 2.36. The highest BCUT2D eigenvalue weighted by atomic mass is 16.6. The number of rotatable bonds is 1. The molecule has 0 unspecified atom stereocenters. The number of likely N-dealkylation sites (tertiary alicyclic amines) is 1. The molecule has 2 aromatic rings. The molecule has 5 heteroatoms. The standard InChI is InChI=1S/C17H20N2O3/c1-16(2,3)22-15(20)19-10-17(21,11-19)14-9-18-8-12-6-4-5-7-13(12)14/h4-9,21H,10-11H2,1-3H3. The number of carbonyl (C=O) groups is 1. The van der Waals surface area contributed by atoms with Crippen molar-refractivity contribution in [2.45, 2.75) is 32.0 Å². The van der Waals surface area contributed by atoms with Gasteiger partial charge in [0.15, 0.2) is 0 Å². The predicted octanol–water partition coefficient (Wildman–Crippen LogP) is 2.67. The SMILES string of the molecule is CC(C)(C)OC(=O)N1CC(O)(c2cncc3ccccc23)C1. The normalized spacial score (nSPS) is 17.2. The minimum absolute atomic E-state index is 0.220. The van der Waals surface area contributed by atoms with Gasteiger partial charge in [0, 0.05) is 23.3 Å². The number of benzene rings is 1. The third kappa shape index (κ3) is 2.64. The number of aliphatic hydroxyl groups is 1. The predicted molar refractivity (Wildman–Crippen MR) is 83.4 cm³/mol. The van der Waals surface area contributed by atoms with Crippen molar-refractivity contribution < 1.29 is 14.6 Å². The first-order valence-electron chi connectivity index (χ1n) is 7.32. The Bertz CT molecular complexity index is 710. The Kier molecular flexibility index (Phi) is 3.33. The van der Waals surface area contributed by atoms with E-state index >= 15 is 0 Å². The van der Waals surface area contributed by atoms with Crippen molar-refractivity contribution in [3.8, 4) is 0 Å². The van der Waals surface area contributed by atoms with Crippen LogP contribution in [0.15, 0.2) is 36.7 Å². The molecule has 0 aliphatic carbocycles. The summed E-state index contributed by atoms with van der Waals surface area (Å²) in [7, 11) is 0. The summed E-state index contributed by atoms with van der Waals surface area (Å²) in [6.07, 6.45) is 3.05.